The summed E-state index contributed by atoms with van der Waals surface area (Å²) < 4.78 is 19.1. The lowest BCUT2D eigenvalue weighted by Crippen LogP contribution is -2.58. The number of Topliss-reactive ketones (excluding diaryl/α,β-unsaturated/α-hetero) is 1. The van der Waals surface area contributed by atoms with E-state index in [4.69, 9.17) is 16.3 Å². The molecule has 0 spiro atoms. The first-order valence-electron chi connectivity index (χ1n) is 11.5. The Morgan fingerprint density at radius 3 is 2.44 bits per heavy atom. The summed E-state index contributed by atoms with van der Waals surface area (Å²) >= 11 is 6.19. The molecule has 2 aromatic rings. The van der Waals surface area contributed by atoms with Crippen molar-refractivity contribution in [3.63, 3.8) is 0 Å². The number of nitrogens with zero attached hydrogens (tertiary/aromatic N) is 2. The lowest BCUT2D eigenvalue weighted by atomic mass is 9.87. The fourth-order valence-electron chi connectivity index (χ4n) is 4.33. The first-order valence-corrected chi connectivity index (χ1v) is 11.8. The molecule has 3 atom stereocenters. The third kappa shape index (κ3) is 5.77. The molecule has 1 saturated heterocycles. The maximum atomic E-state index is 13.2. The molecule has 0 radical (unpaired) electrons. The summed E-state index contributed by atoms with van der Waals surface area (Å²) in [6.45, 7) is 9.20. The van der Waals surface area contributed by atoms with Crippen LogP contribution >= 0.6 is 11.6 Å². The molecule has 1 heterocycles. The standard InChI is InChI=1S/C26H33ClFN3O3/c1-17-14-31(18(2)13-30(17)15-20-6-9-22(28)10-7-20)25(33)16-34-24-11-8-21(27)12-23(24)26(4,29-5)19(3)32/h6-12,17-18,29H,13-16H2,1-5H3/t17-,18+,26?/m1/s1. The summed E-state index contributed by atoms with van der Waals surface area (Å²) in [7, 11) is 1.70. The number of ketones is 1. The quantitative estimate of drug-likeness (QED) is 0.607. The number of rotatable bonds is 8. The van der Waals surface area contributed by atoms with E-state index in [1.807, 2.05) is 11.8 Å². The van der Waals surface area contributed by atoms with E-state index in [1.165, 1.54) is 19.1 Å². The molecule has 1 N–H and O–H groups in total. The maximum Gasteiger partial charge on any atom is 0.260 e. The number of carbonyl (C=O) groups is 2. The first-order chi connectivity index (χ1) is 16.0. The molecule has 8 heteroatoms. The second-order valence-corrected chi connectivity index (χ2v) is 9.60. The molecule has 0 bridgehead atoms. The van der Waals surface area contributed by atoms with Gasteiger partial charge in [-0.05, 0) is 70.6 Å². The number of benzene rings is 2. The number of amides is 1. The van der Waals surface area contributed by atoms with Gasteiger partial charge in [-0.3, -0.25) is 14.5 Å². The monoisotopic (exact) mass is 489 g/mol. The molecule has 184 valence electrons. The molecule has 3 rings (SSSR count). The summed E-state index contributed by atoms with van der Waals surface area (Å²) in [5.41, 5.74) is 0.641. The summed E-state index contributed by atoms with van der Waals surface area (Å²) in [4.78, 5) is 29.6. The Bertz CT molecular complexity index is 1030. The number of halogens is 2. The van der Waals surface area contributed by atoms with E-state index in [0.29, 0.717) is 36.0 Å². The predicted octanol–water partition coefficient (Wildman–Crippen LogP) is 4.00. The lowest BCUT2D eigenvalue weighted by Gasteiger charge is -2.44. The summed E-state index contributed by atoms with van der Waals surface area (Å²) in [5, 5.41) is 3.53. The minimum absolute atomic E-state index is 0.00256. The number of likely N-dealkylation sites (N-methyl/N-ethyl adjacent to an activating group) is 1. The highest BCUT2D eigenvalue weighted by Crippen LogP contribution is 2.33. The van der Waals surface area contributed by atoms with Crippen molar-refractivity contribution < 1.29 is 18.7 Å². The highest BCUT2D eigenvalue weighted by Gasteiger charge is 2.35. The van der Waals surface area contributed by atoms with Crippen LogP contribution < -0.4 is 10.1 Å². The molecular weight excluding hydrogens is 457 g/mol. The molecule has 6 nitrogen and oxygen atoms in total. The van der Waals surface area contributed by atoms with Crippen LogP contribution in [0.5, 0.6) is 5.75 Å². The van der Waals surface area contributed by atoms with Crippen LogP contribution in [-0.4, -0.2) is 60.3 Å². The van der Waals surface area contributed by atoms with Crippen LogP contribution in [0.4, 0.5) is 4.39 Å². The van der Waals surface area contributed by atoms with Gasteiger partial charge in [-0.2, -0.15) is 0 Å². The number of carbonyl (C=O) groups excluding carboxylic acids is 2. The van der Waals surface area contributed by atoms with Crippen LogP contribution in [0.25, 0.3) is 0 Å². The molecule has 1 unspecified atom stereocenters. The van der Waals surface area contributed by atoms with E-state index in [2.05, 4.69) is 17.1 Å². The van der Waals surface area contributed by atoms with Gasteiger partial charge in [0.05, 0.1) is 0 Å². The van der Waals surface area contributed by atoms with Gasteiger partial charge in [0.15, 0.2) is 12.4 Å². The van der Waals surface area contributed by atoms with Crippen LogP contribution in [-0.2, 0) is 21.7 Å². The Balaban J connectivity index is 1.67. The highest BCUT2D eigenvalue weighted by molar-refractivity contribution is 6.30. The Kier molecular flexibility index (Phi) is 8.34. The van der Waals surface area contributed by atoms with Gasteiger partial charge in [0.1, 0.15) is 17.1 Å². The summed E-state index contributed by atoms with van der Waals surface area (Å²) in [6.07, 6.45) is 0. The van der Waals surface area contributed by atoms with Gasteiger partial charge in [-0.1, -0.05) is 23.7 Å². The molecule has 1 amide bonds. The van der Waals surface area contributed by atoms with E-state index >= 15 is 0 Å². The van der Waals surface area contributed by atoms with Gasteiger partial charge in [0.2, 0.25) is 0 Å². The van der Waals surface area contributed by atoms with E-state index in [9.17, 15) is 14.0 Å². The Morgan fingerprint density at radius 2 is 1.82 bits per heavy atom. The van der Waals surface area contributed by atoms with Crippen molar-refractivity contribution >= 4 is 23.3 Å². The molecule has 1 fully saturated rings. The SMILES string of the molecule is CNC(C)(C(C)=O)c1cc(Cl)ccc1OCC(=O)N1C[C@@H](C)N(Cc2ccc(F)cc2)C[C@@H]1C. The molecule has 34 heavy (non-hydrogen) atoms. The topological polar surface area (TPSA) is 61.9 Å². The molecule has 1 aliphatic heterocycles. The average Bonchev–Trinajstić information content (AvgIpc) is 2.80. The second kappa shape index (κ2) is 10.8. The van der Waals surface area contributed by atoms with Crippen LogP contribution in [0.3, 0.4) is 0 Å². The van der Waals surface area contributed by atoms with Crippen molar-refractivity contribution in [2.24, 2.45) is 0 Å². The minimum atomic E-state index is -0.989. The fourth-order valence-corrected chi connectivity index (χ4v) is 4.50. The molecule has 0 saturated carbocycles. The third-order valence-electron chi connectivity index (χ3n) is 6.77. The van der Waals surface area contributed by atoms with Crippen LogP contribution in [0.2, 0.25) is 5.02 Å². The smallest absolute Gasteiger partial charge is 0.260 e. The lowest BCUT2D eigenvalue weighted by molar-refractivity contribution is -0.139. The minimum Gasteiger partial charge on any atom is -0.483 e. The summed E-state index contributed by atoms with van der Waals surface area (Å²) in [6, 6.07) is 11.7. The van der Waals surface area contributed by atoms with Gasteiger partial charge < -0.3 is 15.0 Å². The molecule has 0 aliphatic carbocycles. The van der Waals surface area contributed by atoms with Crippen molar-refractivity contribution in [2.45, 2.75) is 51.9 Å². The summed E-state index contributed by atoms with van der Waals surface area (Å²) in [5.74, 6) is -0.00737. The average molecular weight is 490 g/mol. The van der Waals surface area contributed by atoms with E-state index in [0.717, 1.165) is 5.56 Å². The number of piperazine rings is 1. The maximum absolute atomic E-state index is 13.2. The van der Waals surface area contributed by atoms with Gasteiger partial charge >= 0.3 is 0 Å². The van der Waals surface area contributed by atoms with Gasteiger partial charge in [-0.15, -0.1) is 0 Å². The zero-order chi connectivity index (χ0) is 25.0. The van der Waals surface area contributed by atoms with Crippen LogP contribution in [0, 0.1) is 5.82 Å². The van der Waals surface area contributed by atoms with Crippen molar-refractivity contribution in [1.29, 1.82) is 0 Å². The number of hydrogen-bond donors (Lipinski definition) is 1. The van der Waals surface area contributed by atoms with E-state index in [-0.39, 0.29) is 36.2 Å². The van der Waals surface area contributed by atoms with Gasteiger partial charge in [0, 0.05) is 42.3 Å². The molecular formula is C26H33ClFN3O3. The van der Waals surface area contributed by atoms with E-state index in [1.54, 1.807) is 44.3 Å². The van der Waals surface area contributed by atoms with Crippen molar-refractivity contribution in [1.82, 2.24) is 15.1 Å². The molecule has 2 aromatic carbocycles. The molecule has 1 aliphatic rings. The van der Waals surface area contributed by atoms with Crippen LogP contribution in [0.1, 0.15) is 38.8 Å². The zero-order valence-corrected chi connectivity index (χ0v) is 21.2. The normalized spacial score (nSPS) is 20.6. The number of hydrogen-bond acceptors (Lipinski definition) is 5. The molecule has 0 aromatic heterocycles. The van der Waals surface area contributed by atoms with Crippen LogP contribution in [0.15, 0.2) is 42.5 Å². The number of nitrogens with one attached hydrogen (secondary N) is 1. The van der Waals surface area contributed by atoms with E-state index < -0.39 is 5.54 Å². The predicted molar refractivity (Wildman–Crippen MR) is 131 cm³/mol. The van der Waals surface area contributed by atoms with Gasteiger partial charge in [-0.25, -0.2) is 4.39 Å². The second-order valence-electron chi connectivity index (χ2n) is 9.16. The zero-order valence-electron chi connectivity index (χ0n) is 20.4. The Labute approximate surface area is 206 Å². The van der Waals surface area contributed by atoms with Crippen molar-refractivity contribution in [2.75, 3.05) is 26.7 Å². The fraction of sp³-hybridized carbons (Fsp3) is 0.462. The number of ether oxygens (including phenoxy) is 1. The highest BCUT2D eigenvalue weighted by atomic mass is 35.5. The Morgan fingerprint density at radius 1 is 1.15 bits per heavy atom. The van der Waals surface area contributed by atoms with Crippen molar-refractivity contribution in [3.8, 4) is 5.75 Å². The Hall–Kier alpha value is -2.48. The van der Waals surface area contributed by atoms with Crippen molar-refractivity contribution in [3.05, 3.63) is 64.4 Å². The largest absolute Gasteiger partial charge is 0.483 e. The first kappa shape index (κ1) is 26.1. The third-order valence-corrected chi connectivity index (χ3v) is 7.00. The van der Waals surface area contributed by atoms with Gasteiger partial charge in [0.25, 0.3) is 5.91 Å².